The van der Waals surface area contributed by atoms with Crippen molar-refractivity contribution >= 4 is 5.69 Å². The van der Waals surface area contributed by atoms with Crippen LogP contribution in [0.2, 0.25) is 0 Å². The molecule has 2 aliphatic rings. The van der Waals surface area contributed by atoms with Crippen molar-refractivity contribution in [3.05, 3.63) is 59.7 Å². The lowest BCUT2D eigenvalue weighted by Crippen LogP contribution is -2.46. The van der Waals surface area contributed by atoms with Gasteiger partial charge in [-0.2, -0.15) is 0 Å². The average molecular weight is 394 g/mol. The molecule has 0 unspecified atom stereocenters. The van der Waals surface area contributed by atoms with Crippen molar-refractivity contribution in [1.82, 2.24) is 9.80 Å². The van der Waals surface area contributed by atoms with Crippen molar-refractivity contribution < 1.29 is 4.74 Å². The summed E-state index contributed by atoms with van der Waals surface area (Å²) in [4.78, 5) is 7.60. The highest BCUT2D eigenvalue weighted by atomic mass is 16.5. The second kappa shape index (κ2) is 9.64. The van der Waals surface area contributed by atoms with Gasteiger partial charge in [0.05, 0.1) is 11.8 Å². The Morgan fingerprint density at radius 2 is 1.28 bits per heavy atom. The molecule has 2 aromatic rings. The number of rotatable bonds is 7. The van der Waals surface area contributed by atoms with Gasteiger partial charge in [-0.3, -0.25) is 9.80 Å². The first-order chi connectivity index (χ1) is 14.2. The number of piperazine rings is 1. The highest BCUT2D eigenvalue weighted by Gasteiger charge is 2.20. The molecule has 0 saturated carbocycles. The number of hydrogen-bond donors (Lipinski definition) is 0. The van der Waals surface area contributed by atoms with Gasteiger partial charge in [-0.1, -0.05) is 36.4 Å². The molecule has 4 nitrogen and oxygen atoms in total. The second-order valence-corrected chi connectivity index (χ2v) is 8.70. The number of nitrogens with zero attached hydrogens (tertiary/aromatic N) is 3. The number of ether oxygens (including phenoxy) is 1. The van der Waals surface area contributed by atoms with Crippen LogP contribution >= 0.6 is 0 Å². The Hall–Kier alpha value is -2.04. The summed E-state index contributed by atoms with van der Waals surface area (Å²) in [6.45, 7) is 13.1. The Morgan fingerprint density at radius 1 is 0.724 bits per heavy atom. The van der Waals surface area contributed by atoms with Crippen LogP contribution in [0.5, 0.6) is 5.75 Å². The molecule has 0 atom stereocenters. The zero-order valence-corrected chi connectivity index (χ0v) is 18.0. The molecular weight excluding hydrogens is 358 g/mol. The largest absolute Gasteiger partial charge is 0.489 e. The fourth-order valence-electron chi connectivity index (χ4n) is 4.43. The first-order valence-corrected chi connectivity index (χ1v) is 11.2. The summed E-state index contributed by atoms with van der Waals surface area (Å²) in [5.41, 5.74) is 4.10. The van der Waals surface area contributed by atoms with Crippen molar-refractivity contribution in [3.63, 3.8) is 0 Å². The van der Waals surface area contributed by atoms with E-state index in [4.69, 9.17) is 4.74 Å². The number of anilines is 1. The smallest absolute Gasteiger partial charge is 0.142 e. The molecule has 2 heterocycles. The van der Waals surface area contributed by atoms with Crippen LogP contribution in [-0.2, 0) is 13.1 Å². The normalized spacial score (nSPS) is 18.5. The van der Waals surface area contributed by atoms with E-state index in [1.165, 1.54) is 42.7 Å². The average Bonchev–Trinajstić information content (AvgIpc) is 3.23. The summed E-state index contributed by atoms with van der Waals surface area (Å²) in [5, 5.41) is 0. The zero-order chi connectivity index (χ0) is 20.1. The Labute approximate surface area is 176 Å². The standard InChI is InChI=1S/C25H35N3O/c1-21(2)29-25-8-4-3-7-24(25)28-17-15-27(16-18-28)20-23-11-9-22(10-12-23)19-26-13-5-6-14-26/h3-4,7-12,21H,5-6,13-20H2,1-2H3. The van der Waals surface area contributed by atoms with E-state index in [2.05, 4.69) is 77.1 Å². The molecule has 0 N–H and O–H groups in total. The first-order valence-electron chi connectivity index (χ1n) is 11.2. The van der Waals surface area contributed by atoms with Crippen molar-refractivity contribution in [1.29, 1.82) is 0 Å². The number of benzene rings is 2. The molecule has 2 aromatic carbocycles. The van der Waals surface area contributed by atoms with Crippen LogP contribution in [0.1, 0.15) is 37.8 Å². The maximum Gasteiger partial charge on any atom is 0.142 e. The third kappa shape index (κ3) is 5.52. The van der Waals surface area contributed by atoms with Crippen LogP contribution in [0.3, 0.4) is 0 Å². The van der Waals surface area contributed by atoms with Gasteiger partial charge in [0.1, 0.15) is 5.75 Å². The van der Waals surface area contributed by atoms with E-state index < -0.39 is 0 Å². The summed E-state index contributed by atoms with van der Waals surface area (Å²) in [6.07, 6.45) is 2.92. The Kier molecular flexibility index (Phi) is 6.73. The molecule has 0 aliphatic carbocycles. The van der Waals surface area contributed by atoms with Crippen LogP contribution < -0.4 is 9.64 Å². The Morgan fingerprint density at radius 3 is 1.86 bits per heavy atom. The molecule has 2 saturated heterocycles. The summed E-state index contributed by atoms with van der Waals surface area (Å²) in [5.74, 6) is 1.00. The molecule has 2 aliphatic heterocycles. The SMILES string of the molecule is CC(C)Oc1ccccc1N1CCN(Cc2ccc(CN3CCCC3)cc2)CC1. The third-order valence-electron chi connectivity index (χ3n) is 5.97. The number of para-hydroxylation sites is 2. The monoisotopic (exact) mass is 393 g/mol. The molecule has 0 aromatic heterocycles. The van der Waals surface area contributed by atoms with E-state index in [1.807, 2.05) is 0 Å². The maximum absolute atomic E-state index is 6.02. The summed E-state index contributed by atoms with van der Waals surface area (Å²) in [7, 11) is 0. The van der Waals surface area contributed by atoms with E-state index in [0.717, 1.165) is 45.0 Å². The predicted octanol–water partition coefficient (Wildman–Crippen LogP) is 4.39. The van der Waals surface area contributed by atoms with E-state index >= 15 is 0 Å². The molecule has 0 bridgehead atoms. The molecule has 0 spiro atoms. The van der Waals surface area contributed by atoms with Gasteiger partial charge in [0.15, 0.2) is 0 Å². The van der Waals surface area contributed by atoms with Gasteiger partial charge in [-0.05, 0) is 63.0 Å². The lowest BCUT2D eigenvalue weighted by molar-refractivity contribution is 0.235. The molecule has 0 amide bonds. The Bertz CT molecular complexity index is 760. The summed E-state index contributed by atoms with van der Waals surface area (Å²) < 4.78 is 6.02. The number of likely N-dealkylation sites (tertiary alicyclic amines) is 1. The Balaban J connectivity index is 1.29. The highest BCUT2D eigenvalue weighted by Crippen LogP contribution is 2.29. The molecule has 0 radical (unpaired) electrons. The maximum atomic E-state index is 6.02. The molecule has 156 valence electrons. The van der Waals surface area contributed by atoms with Crippen molar-refractivity contribution in [3.8, 4) is 5.75 Å². The fraction of sp³-hybridized carbons (Fsp3) is 0.520. The third-order valence-corrected chi connectivity index (χ3v) is 5.97. The van der Waals surface area contributed by atoms with E-state index in [9.17, 15) is 0 Å². The minimum atomic E-state index is 0.200. The molecule has 2 fully saturated rings. The minimum absolute atomic E-state index is 0.200. The summed E-state index contributed by atoms with van der Waals surface area (Å²) >= 11 is 0. The van der Waals surface area contributed by atoms with Gasteiger partial charge >= 0.3 is 0 Å². The van der Waals surface area contributed by atoms with Gasteiger partial charge in [0, 0.05) is 39.3 Å². The minimum Gasteiger partial charge on any atom is -0.489 e. The quantitative estimate of drug-likeness (QED) is 0.694. The van der Waals surface area contributed by atoms with Crippen LogP contribution in [0, 0.1) is 0 Å². The van der Waals surface area contributed by atoms with E-state index in [1.54, 1.807) is 0 Å². The molecular formula is C25H35N3O. The van der Waals surface area contributed by atoms with Crippen LogP contribution in [0.15, 0.2) is 48.5 Å². The van der Waals surface area contributed by atoms with Gasteiger partial charge in [0.2, 0.25) is 0 Å². The highest BCUT2D eigenvalue weighted by molar-refractivity contribution is 5.58. The van der Waals surface area contributed by atoms with E-state index in [0.29, 0.717) is 0 Å². The lowest BCUT2D eigenvalue weighted by Gasteiger charge is -2.37. The van der Waals surface area contributed by atoms with Gasteiger partial charge in [-0.25, -0.2) is 0 Å². The number of hydrogen-bond acceptors (Lipinski definition) is 4. The topological polar surface area (TPSA) is 19.0 Å². The molecule has 4 heteroatoms. The van der Waals surface area contributed by atoms with Crippen molar-refractivity contribution in [2.24, 2.45) is 0 Å². The fourth-order valence-corrected chi connectivity index (χ4v) is 4.43. The van der Waals surface area contributed by atoms with Gasteiger partial charge in [-0.15, -0.1) is 0 Å². The van der Waals surface area contributed by atoms with Crippen LogP contribution in [0.4, 0.5) is 5.69 Å². The van der Waals surface area contributed by atoms with Gasteiger partial charge in [0.25, 0.3) is 0 Å². The summed E-state index contributed by atoms with van der Waals surface area (Å²) in [6, 6.07) is 17.7. The predicted molar refractivity (Wildman–Crippen MR) is 121 cm³/mol. The second-order valence-electron chi connectivity index (χ2n) is 8.70. The van der Waals surface area contributed by atoms with Crippen molar-refractivity contribution in [2.45, 2.75) is 45.9 Å². The first kappa shape index (κ1) is 20.2. The van der Waals surface area contributed by atoms with Gasteiger partial charge < -0.3 is 9.64 Å². The zero-order valence-electron chi connectivity index (χ0n) is 18.0. The molecule has 29 heavy (non-hydrogen) atoms. The lowest BCUT2D eigenvalue weighted by atomic mass is 10.1. The van der Waals surface area contributed by atoms with Crippen LogP contribution in [0.25, 0.3) is 0 Å². The van der Waals surface area contributed by atoms with E-state index in [-0.39, 0.29) is 6.10 Å². The van der Waals surface area contributed by atoms with Crippen LogP contribution in [-0.4, -0.2) is 55.2 Å². The van der Waals surface area contributed by atoms with Crippen molar-refractivity contribution in [2.75, 3.05) is 44.2 Å². The molecule has 4 rings (SSSR count).